The van der Waals surface area contributed by atoms with E-state index in [1.165, 1.54) is 0 Å². The van der Waals surface area contributed by atoms with E-state index in [-0.39, 0.29) is 43.3 Å². The van der Waals surface area contributed by atoms with E-state index in [4.69, 9.17) is 4.19 Å². The SMILES string of the molecule is [BiH3].[Cu].[O][SeH]. The monoisotopic (exact) mass is 372 g/mol. The van der Waals surface area contributed by atoms with Gasteiger partial charge in [0.25, 0.3) is 0 Å². The molecule has 0 bridgehead atoms. The van der Waals surface area contributed by atoms with Gasteiger partial charge in [-0.1, -0.05) is 0 Å². The Morgan fingerprint density at radius 3 is 1.25 bits per heavy atom. The molecule has 0 aliphatic carbocycles. The van der Waals surface area contributed by atoms with Crippen molar-refractivity contribution >= 4 is 42.5 Å². The molecule has 0 aromatic rings. The zero-order valence-corrected chi connectivity index (χ0v) is 10.2. The Labute approximate surface area is 63.3 Å². The van der Waals surface area contributed by atoms with Gasteiger partial charge < -0.3 is 0 Å². The van der Waals surface area contributed by atoms with Crippen LogP contribution in [-0.4, -0.2) is 42.5 Å². The second-order valence-corrected chi connectivity index (χ2v) is 0. The first-order valence-electron chi connectivity index (χ1n) is 0.183. The Bertz CT molecular complexity index is 8.00. The Morgan fingerprint density at radius 2 is 1.25 bits per heavy atom. The molecule has 0 aromatic heterocycles. The van der Waals surface area contributed by atoms with Gasteiger partial charge in [0.15, 0.2) is 0 Å². The van der Waals surface area contributed by atoms with Crippen LogP contribution in [0.1, 0.15) is 0 Å². The minimum absolute atomic E-state index is 0. The molecule has 0 saturated heterocycles. The summed E-state index contributed by atoms with van der Waals surface area (Å²) >= 11 is 1.06. The van der Waals surface area contributed by atoms with Gasteiger partial charge in [-0.3, -0.25) is 0 Å². The summed E-state index contributed by atoms with van der Waals surface area (Å²) in [6, 6.07) is 0. The number of hydrogen-bond acceptors (Lipinski definition) is 0. The summed E-state index contributed by atoms with van der Waals surface area (Å²) in [5, 5.41) is 0. The summed E-state index contributed by atoms with van der Waals surface area (Å²) in [5.74, 6) is 0. The van der Waals surface area contributed by atoms with Gasteiger partial charge in [-0.05, 0) is 0 Å². The van der Waals surface area contributed by atoms with Crippen molar-refractivity contribution in [3.63, 3.8) is 0 Å². The van der Waals surface area contributed by atoms with Gasteiger partial charge in [0.05, 0.1) is 0 Å². The van der Waals surface area contributed by atoms with E-state index in [9.17, 15) is 0 Å². The number of hydrogen-bond donors (Lipinski definition) is 0. The van der Waals surface area contributed by atoms with E-state index < -0.39 is 0 Å². The Hall–Kier alpha value is 1.88. The molecular formula is H4BiCuOSe. The topological polar surface area (TPSA) is 19.9 Å². The molecule has 0 rings (SSSR count). The molecule has 0 unspecified atom stereocenters. The fraction of sp³-hybridized carbons (Fsp3) is 0. The molecule has 0 heterocycles. The molecule has 0 amide bonds. The van der Waals surface area contributed by atoms with Gasteiger partial charge in [-0.15, -0.1) is 0 Å². The average molecular weight is 372 g/mol. The van der Waals surface area contributed by atoms with Crippen molar-refractivity contribution in [2.45, 2.75) is 0 Å². The molecular weight excluding hydrogens is 367 g/mol. The van der Waals surface area contributed by atoms with Crippen LogP contribution in [0.25, 0.3) is 0 Å². The molecule has 2 radical (unpaired) electrons. The molecule has 0 fully saturated rings. The first-order valence-corrected chi connectivity index (χ1v) is 0.949. The van der Waals surface area contributed by atoms with Crippen molar-refractivity contribution in [2.24, 2.45) is 0 Å². The van der Waals surface area contributed by atoms with Crippen LogP contribution in [0.3, 0.4) is 0 Å². The van der Waals surface area contributed by atoms with Gasteiger partial charge in [-0.25, -0.2) is 0 Å². The number of rotatable bonds is 0. The van der Waals surface area contributed by atoms with Crippen molar-refractivity contribution in [3.8, 4) is 0 Å². The fourth-order valence-corrected chi connectivity index (χ4v) is 0. The van der Waals surface area contributed by atoms with Gasteiger partial charge >= 0.3 is 46.7 Å². The Kier molecular flexibility index (Phi) is 87.6. The maximum absolute atomic E-state index is 8.19. The van der Waals surface area contributed by atoms with Crippen LogP contribution in [-0.2, 0) is 21.3 Å². The molecule has 0 aromatic carbocycles. The van der Waals surface area contributed by atoms with Gasteiger partial charge in [-0.2, -0.15) is 0 Å². The maximum atomic E-state index is 8.19. The van der Waals surface area contributed by atoms with Crippen molar-refractivity contribution in [3.05, 3.63) is 0 Å². The molecule has 0 aliphatic heterocycles. The van der Waals surface area contributed by atoms with Crippen molar-refractivity contribution in [1.82, 2.24) is 0 Å². The third-order valence-corrected chi connectivity index (χ3v) is 0. The molecule has 0 saturated carbocycles. The average Bonchev–Trinajstić information content (AvgIpc) is 1.00. The van der Waals surface area contributed by atoms with Crippen LogP contribution in [0.4, 0.5) is 0 Å². The molecule has 4 heteroatoms. The zero-order chi connectivity index (χ0) is 2.00. The fourth-order valence-electron chi connectivity index (χ4n) is 0. The van der Waals surface area contributed by atoms with Crippen LogP contribution in [0.15, 0.2) is 0 Å². The standard InChI is InChI=1S/Bi.Cu.HOSe.3H/c;;1-2;;;/h;;2H;;;. The van der Waals surface area contributed by atoms with E-state index in [0.717, 1.165) is 16.3 Å². The van der Waals surface area contributed by atoms with E-state index in [2.05, 4.69) is 0 Å². The van der Waals surface area contributed by atoms with Crippen molar-refractivity contribution in [1.29, 1.82) is 0 Å². The van der Waals surface area contributed by atoms with Crippen LogP contribution >= 0.6 is 0 Å². The summed E-state index contributed by atoms with van der Waals surface area (Å²) in [6.07, 6.45) is 0. The van der Waals surface area contributed by atoms with E-state index in [0.29, 0.717) is 0 Å². The molecule has 0 spiro atoms. The van der Waals surface area contributed by atoms with E-state index >= 15 is 0 Å². The predicted octanol–water partition coefficient (Wildman–Crippen LogP) is -1.95. The molecule has 4 heavy (non-hydrogen) atoms. The summed E-state index contributed by atoms with van der Waals surface area (Å²) in [7, 11) is 0. The molecule has 0 N–H and O–H groups in total. The van der Waals surface area contributed by atoms with Gasteiger partial charge in [0, 0.05) is 17.1 Å². The van der Waals surface area contributed by atoms with Crippen molar-refractivity contribution < 1.29 is 21.3 Å². The van der Waals surface area contributed by atoms with Crippen LogP contribution < -0.4 is 0 Å². The van der Waals surface area contributed by atoms with E-state index in [1.807, 2.05) is 0 Å². The third kappa shape index (κ3) is 9.10. The molecule has 0 aliphatic rings. The summed E-state index contributed by atoms with van der Waals surface area (Å²) in [4.78, 5) is 0. The minimum atomic E-state index is 0. The summed E-state index contributed by atoms with van der Waals surface area (Å²) in [6.45, 7) is 0. The molecule has 1 nitrogen and oxygen atoms in total. The molecule has 32 valence electrons. The summed E-state index contributed by atoms with van der Waals surface area (Å²) < 4.78 is 8.19. The zero-order valence-electron chi connectivity index (χ0n) is 1.86. The van der Waals surface area contributed by atoms with Gasteiger partial charge in [0.2, 0.25) is 0 Å². The first kappa shape index (κ1) is 16.9. The first-order chi connectivity index (χ1) is 1.00. The Morgan fingerprint density at radius 1 is 1.25 bits per heavy atom. The molecule has 0 atom stereocenters. The predicted molar refractivity (Wildman–Crippen MR) is 17.8 cm³/mol. The second kappa shape index (κ2) is 20.8. The van der Waals surface area contributed by atoms with Gasteiger partial charge in [0.1, 0.15) is 0 Å². The van der Waals surface area contributed by atoms with E-state index in [1.54, 1.807) is 0 Å². The van der Waals surface area contributed by atoms with Crippen LogP contribution in [0.5, 0.6) is 0 Å². The third-order valence-electron chi connectivity index (χ3n) is 0. The van der Waals surface area contributed by atoms with Crippen LogP contribution in [0.2, 0.25) is 0 Å². The Balaban J connectivity index is -0.00000000500. The normalized spacial score (nSPS) is 1.50. The van der Waals surface area contributed by atoms with Crippen molar-refractivity contribution in [2.75, 3.05) is 0 Å². The quantitative estimate of drug-likeness (QED) is 0.441. The van der Waals surface area contributed by atoms with Crippen LogP contribution in [0, 0.1) is 0 Å². The summed E-state index contributed by atoms with van der Waals surface area (Å²) in [5.41, 5.74) is 0. The second-order valence-electron chi connectivity index (χ2n) is 0.